The fourth-order valence-electron chi connectivity index (χ4n) is 2.79. The van der Waals surface area contributed by atoms with E-state index in [9.17, 15) is 44.0 Å². The Labute approximate surface area is 218 Å². The molecule has 0 fully saturated rings. The van der Waals surface area contributed by atoms with Crippen LogP contribution in [-0.4, -0.2) is 81.8 Å². The van der Waals surface area contributed by atoms with Gasteiger partial charge in [0.15, 0.2) is 5.75 Å². The van der Waals surface area contributed by atoms with Crippen molar-refractivity contribution in [2.75, 3.05) is 0 Å². The third-order valence-corrected chi connectivity index (χ3v) is 6.80. The standard InChI is InChI=1S/C17H14N2O10S3.Ca/c1-9-2-5-13(14(6-9)31(24,25)26)18-19-16-12-4-3-11(30(21,22)23)7-10(12)8-15(17(16)20)32(27,28)29;/h2-8,20H,1H3,(H,21,22,23)(H,24,25,26)(H,27,28,29);/q;+2/p-2. The Morgan fingerprint density at radius 3 is 2.00 bits per heavy atom. The summed E-state index contributed by atoms with van der Waals surface area (Å²) in [4.78, 5) is -2.52. The van der Waals surface area contributed by atoms with Gasteiger partial charge in [-0.25, -0.2) is 16.8 Å². The van der Waals surface area contributed by atoms with Crippen LogP contribution >= 0.6 is 0 Å². The van der Waals surface area contributed by atoms with Gasteiger partial charge in [0.25, 0.3) is 10.1 Å². The Balaban J connectivity index is 0.00000385. The van der Waals surface area contributed by atoms with E-state index in [0.717, 1.165) is 30.3 Å². The van der Waals surface area contributed by atoms with Crippen molar-refractivity contribution in [1.29, 1.82) is 0 Å². The maximum absolute atomic E-state index is 11.7. The first-order valence-corrected chi connectivity index (χ1v) is 12.6. The molecule has 0 bridgehead atoms. The van der Waals surface area contributed by atoms with E-state index < -0.39 is 62.2 Å². The first-order valence-electron chi connectivity index (χ1n) is 8.30. The van der Waals surface area contributed by atoms with Crippen LogP contribution in [0.5, 0.6) is 5.75 Å². The Bertz CT molecular complexity index is 1620. The van der Waals surface area contributed by atoms with Gasteiger partial charge < -0.3 is 14.2 Å². The van der Waals surface area contributed by atoms with Crippen LogP contribution in [0.15, 0.2) is 67.4 Å². The van der Waals surface area contributed by atoms with Gasteiger partial charge in [-0.15, -0.1) is 10.2 Å². The molecule has 0 heterocycles. The zero-order valence-corrected chi connectivity index (χ0v) is 21.2. The van der Waals surface area contributed by atoms with Crippen LogP contribution in [0.2, 0.25) is 0 Å². The van der Waals surface area contributed by atoms with Crippen LogP contribution in [-0.2, 0) is 30.4 Å². The molecule has 12 nitrogen and oxygen atoms in total. The molecule has 170 valence electrons. The number of rotatable bonds is 5. The Hall–Kier alpha value is -1.69. The predicted octanol–water partition coefficient (Wildman–Crippen LogP) is 1.94. The molecule has 0 amide bonds. The van der Waals surface area contributed by atoms with Gasteiger partial charge in [0.05, 0.1) is 9.79 Å². The molecule has 0 aromatic heterocycles. The molecule has 3 rings (SSSR count). The summed E-state index contributed by atoms with van der Waals surface area (Å²) in [7, 11) is -14.9. The van der Waals surface area contributed by atoms with Crippen LogP contribution < -0.4 is 0 Å². The Kier molecular flexibility index (Phi) is 7.95. The molecule has 2 N–H and O–H groups in total. The second-order valence-corrected chi connectivity index (χ2v) is 10.6. The number of azo groups is 1. The van der Waals surface area contributed by atoms with Crippen molar-refractivity contribution in [2.45, 2.75) is 21.6 Å². The van der Waals surface area contributed by atoms with Crippen LogP contribution in [0.3, 0.4) is 0 Å². The van der Waals surface area contributed by atoms with Crippen molar-refractivity contribution >= 4 is 90.2 Å². The first-order chi connectivity index (χ1) is 14.6. The summed E-state index contributed by atoms with van der Waals surface area (Å²) in [6, 6.07) is 7.02. The number of fused-ring (bicyclic) bond motifs is 1. The van der Waals surface area contributed by atoms with E-state index in [1.165, 1.54) is 13.0 Å². The third kappa shape index (κ3) is 6.06. The van der Waals surface area contributed by atoms with Gasteiger partial charge in [-0.1, -0.05) is 12.1 Å². The maximum atomic E-state index is 11.7. The van der Waals surface area contributed by atoms with Gasteiger partial charge >= 0.3 is 37.7 Å². The molecule has 0 saturated carbocycles. The molecule has 0 saturated heterocycles. The van der Waals surface area contributed by atoms with Crippen LogP contribution in [0.25, 0.3) is 10.8 Å². The summed E-state index contributed by atoms with van der Waals surface area (Å²) in [6.45, 7) is 1.52. The molecule has 0 spiro atoms. The number of aryl methyl sites for hydroxylation is 1. The van der Waals surface area contributed by atoms with Crippen molar-refractivity contribution in [2.24, 2.45) is 10.2 Å². The zero-order valence-electron chi connectivity index (χ0n) is 16.5. The largest absolute Gasteiger partial charge is 2.00 e. The fourth-order valence-corrected chi connectivity index (χ4v) is 4.61. The van der Waals surface area contributed by atoms with Crippen molar-refractivity contribution in [3.05, 3.63) is 48.0 Å². The molecule has 0 unspecified atom stereocenters. The molecule has 0 aliphatic carbocycles. The van der Waals surface area contributed by atoms with E-state index in [4.69, 9.17) is 0 Å². The number of hydrogen-bond acceptors (Lipinski definition) is 11. The SMILES string of the molecule is Cc1ccc(N=Nc2c(O)c(S(=O)(=O)O)cc3cc(S(=O)(=O)[O-])ccc23)c(S(=O)(=O)[O-])c1.[Ca+2]. The minimum atomic E-state index is -5.04. The molecule has 0 aliphatic rings. The second-order valence-electron chi connectivity index (χ2n) is 6.51. The van der Waals surface area contributed by atoms with Crippen LogP contribution in [0.1, 0.15) is 5.56 Å². The summed E-state index contributed by atoms with van der Waals surface area (Å²) in [5.41, 5.74) is -0.597. The normalized spacial score (nSPS) is 12.7. The quantitative estimate of drug-likeness (QED) is 0.272. The third-order valence-electron chi connectivity index (χ3n) is 4.23. The Morgan fingerprint density at radius 2 is 1.45 bits per heavy atom. The summed E-state index contributed by atoms with van der Waals surface area (Å²) < 4.78 is 101. The smallest absolute Gasteiger partial charge is 0.744 e. The monoisotopic (exact) mass is 540 g/mol. The van der Waals surface area contributed by atoms with Gasteiger partial charge in [0.1, 0.15) is 36.5 Å². The van der Waals surface area contributed by atoms with Gasteiger partial charge in [-0.05, 0) is 48.2 Å². The minimum Gasteiger partial charge on any atom is -0.744 e. The van der Waals surface area contributed by atoms with Crippen LogP contribution in [0.4, 0.5) is 11.4 Å². The summed E-state index contributed by atoms with van der Waals surface area (Å²) in [5, 5.41) is 17.3. The Morgan fingerprint density at radius 1 is 0.818 bits per heavy atom. The molecular formula is C17H12CaN2O10S3. The zero-order chi connectivity index (χ0) is 24.1. The molecule has 3 aromatic carbocycles. The van der Waals surface area contributed by atoms with Crippen molar-refractivity contribution in [3.8, 4) is 5.75 Å². The molecular weight excluding hydrogens is 528 g/mol. The average Bonchev–Trinajstić information content (AvgIpc) is 2.65. The molecule has 33 heavy (non-hydrogen) atoms. The van der Waals surface area contributed by atoms with Crippen molar-refractivity contribution in [3.63, 3.8) is 0 Å². The van der Waals surface area contributed by atoms with E-state index in [0.29, 0.717) is 11.6 Å². The number of nitrogens with zero attached hydrogens (tertiary/aromatic N) is 2. The maximum Gasteiger partial charge on any atom is 2.00 e. The molecule has 0 aliphatic heterocycles. The summed E-state index contributed by atoms with van der Waals surface area (Å²) in [5.74, 6) is -1.08. The number of aromatic hydroxyl groups is 1. The van der Waals surface area contributed by atoms with Crippen LogP contribution in [0, 0.1) is 6.92 Å². The topological polar surface area (TPSA) is 214 Å². The van der Waals surface area contributed by atoms with E-state index >= 15 is 0 Å². The number of phenols is 1. The molecule has 3 aromatic rings. The van der Waals surface area contributed by atoms with Crippen molar-refractivity contribution in [1.82, 2.24) is 0 Å². The summed E-state index contributed by atoms with van der Waals surface area (Å²) >= 11 is 0. The number of hydrogen-bond donors (Lipinski definition) is 2. The van der Waals surface area contributed by atoms with Crippen molar-refractivity contribution < 1.29 is 44.0 Å². The van der Waals surface area contributed by atoms with Gasteiger partial charge in [0, 0.05) is 5.39 Å². The molecule has 0 radical (unpaired) electrons. The average molecular weight is 541 g/mol. The van der Waals surface area contributed by atoms with Gasteiger partial charge in [-0.3, -0.25) is 4.55 Å². The van der Waals surface area contributed by atoms with E-state index in [-0.39, 0.29) is 48.5 Å². The fraction of sp³-hybridized carbons (Fsp3) is 0.0588. The summed E-state index contributed by atoms with van der Waals surface area (Å²) in [6.07, 6.45) is 0. The number of phenolic OH excluding ortho intramolecular Hbond substituents is 1. The second kappa shape index (κ2) is 9.52. The van der Waals surface area contributed by atoms with E-state index in [1.807, 2.05) is 0 Å². The van der Waals surface area contributed by atoms with E-state index in [1.54, 1.807) is 0 Å². The molecule has 16 heteroatoms. The number of benzene rings is 3. The van der Waals surface area contributed by atoms with Gasteiger partial charge in [0.2, 0.25) is 0 Å². The predicted molar refractivity (Wildman–Crippen MR) is 112 cm³/mol. The first kappa shape index (κ1) is 27.6. The van der Waals surface area contributed by atoms with E-state index in [2.05, 4.69) is 10.2 Å². The van der Waals surface area contributed by atoms with Gasteiger partial charge in [-0.2, -0.15) is 8.42 Å². The minimum absolute atomic E-state index is 0. The molecule has 0 atom stereocenters.